The molecule has 0 aliphatic carbocycles. The second-order valence-corrected chi connectivity index (χ2v) is 2.73. The molecule has 12 heavy (non-hydrogen) atoms. The van der Waals surface area contributed by atoms with Crippen LogP contribution in [0.5, 0.6) is 0 Å². The van der Waals surface area contributed by atoms with E-state index in [2.05, 4.69) is 15.4 Å². The highest BCUT2D eigenvalue weighted by atomic mass is 16.3. The first kappa shape index (κ1) is 7.30. The van der Waals surface area contributed by atoms with Crippen molar-refractivity contribution >= 4 is 12.2 Å². The molecule has 2 N–H and O–H groups in total. The van der Waals surface area contributed by atoms with Crippen molar-refractivity contribution in [2.45, 2.75) is 6.10 Å². The van der Waals surface area contributed by atoms with Gasteiger partial charge in [0.1, 0.15) is 11.9 Å². The van der Waals surface area contributed by atoms with E-state index in [-0.39, 0.29) is 0 Å². The van der Waals surface area contributed by atoms with Gasteiger partial charge in [0.05, 0.1) is 19.1 Å². The van der Waals surface area contributed by atoms with E-state index in [0.29, 0.717) is 6.54 Å². The van der Waals surface area contributed by atoms with Gasteiger partial charge in [-0.25, -0.2) is 0 Å². The van der Waals surface area contributed by atoms with Gasteiger partial charge in [0.25, 0.3) is 0 Å². The molecule has 0 radical (unpaired) electrons. The minimum Gasteiger partial charge on any atom is -0.386 e. The van der Waals surface area contributed by atoms with Gasteiger partial charge >= 0.3 is 0 Å². The molecule has 0 unspecified atom stereocenters. The minimum absolute atomic E-state index is 0.395. The summed E-state index contributed by atoms with van der Waals surface area (Å²) in [4.78, 5) is 3.95. The lowest BCUT2D eigenvalue weighted by Gasteiger charge is -2.04. The largest absolute Gasteiger partial charge is 0.386 e. The van der Waals surface area contributed by atoms with Crippen LogP contribution in [0.4, 0.5) is 5.82 Å². The number of hydrogen-bond donors (Lipinski definition) is 2. The molecule has 0 bridgehead atoms. The van der Waals surface area contributed by atoms with Crippen LogP contribution < -0.4 is 5.32 Å². The zero-order chi connectivity index (χ0) is 8.55. The fourth-order valence-corrected chi connectivity index (χ4v) is 1.23. The molecule has 0 amide bonds. The van der Waals surface area contributed by atoms with Crippen LogP contribution in [0.25, 0.3) is 0 Å². The Labute approximate surface area is 69.7 Å². The Morgan fingerprint density at radius 2 is 2.58 bits per heavy atom. The van der Waals surface area contributed by atoms with E-state index >= 15 is 0 Å². The van der Waals surface area contributed by atoms with E-state index in [1.165, 1.54) is 0 Å². The van der Waals surface area contributed by atoms with E-state index < -0.39 is 6.10 Å². The van der Waals surface area contributed by atoms with Crippen LogP contribution in [0, 0.1) is 0 Å². The summed E-state index contributed by atoms with van der Waals surface area (Å²) >= 11 is 0. The molecule has 0 aromatic carbocycles. The summed E-state index contributed by atoms with van der Waals surface area (Å²) in [6.45, 7) is 0.395. The van der Waals surface area contributed by atoms with Gasteiger partial charge in [0.15, 0.2) is 0 Å². The van der Waals surface area contributed by atoms with Gasteiger partial charge in [0, 0.05) is 12.6 Å². The maximum Gasteiger partial charge on any atom is 0.134 e. The number of aromatic nitrogens is 2. The quantitative estimate of drug-likeness (QED) is 0.566. The fraction of sp³-hybridized carbons (Fsp3) is 0.429. The molecular formula is C7H10N4O. The molecule has 1 aliphatic heterocycles. The summed E-state index contributed by atoms with van der Waals surface area (Å²) in [6.07, 6.45) is 2.69. The Bertz CT molecular complexity index is 317. The summed E-state index contributed by atoms with van der Waals surface area (Å²) in [7, 11) is 1.82. The third-order valence-electron chi connectivity index (χ3n) is 1.90. The molecule has 1 atom stereocenters. The number of hydrogen-bond acceptors (Lipinski definition) is 4. The molecule has 64 valence electrons. The highest BCUT2D eigenvalue weighted by molar-refractivity contribution is 5.76. The van der Waals surface area contributed by atoms with Crippen LogP contribution in [0.1, 0.15) is 11.7 Å². The number of anilines is 1. The monoisotopic (exact) mass is 166 g/mol. The molecule has 1 aromatic rings. The number of rotatable bonds is 0. The van der Waals surface area contributed by atoms with Crippen molar-refractivity contribution < 1.29 is 5.11 Å². The SMILES string of the molecule is Cn1ncc2c1NC=NC[C@@H]2O. The first-order valence-electron chi connectivity index (χ1n) is 3.74. The van der Waals surface area contributed by atoms with E-state index in [1.807, 2.05) is 7.05 Å². The molecule has 0 spiro atoms. The Morgan fingerprint density at radius 3 is 3.42 bits per heavy atom. The summed E-state index contributed by atoms with van der Waals surface area (Å²) < 4.78 is 1.68. The normalized spacial score (nSPS) is 21.3. The first-order chi connectivity index (χ1) is 5.79. The first-order valence-corrected chi connectivity index (χ1v) is 3.74. The highest BCUT2D eigenvalue weighted by Gasteiger charge is 2.17. The lowest BCUT2D eigenvalue weighted by molar-refractivity contribution is 0.188. The topological polar surface area (TPSA) is 62.4 Å². The van der Waals surface area contributed by atoms with Gasteiger partial charge < -0.3 is 10.4 Å². The van der Waals surface area contributed by atoms with E-state index in [4.69, 9.17) is 0 Å². The van der Waals surface area contributed by atoms with Crippen LogP contribution in [-0.4, -0.2) is 27.8 Å². The smallest absolute Gasteiger partial charge is 0.134 e. The van der Waals surface area contributed by atoms with Crippen LogP contribution in [-0.2, 0) is 7.05 Å². The molecule has 1 aromatic heterocycles. The second kappa shape index (κ2) is 2.60. The van der Waals surface area contributed by atoms with Crippen molar-refractivity contribution in [3.05, 3.63) is 11.8 Å². The molecule has 2 heterocycles. The van der Waals surface area contributed by atoms with Crippen molar-refractivity contribution in [2.24, 2.45) is 12.0 Å². The molecule has 0 saturated carbocycles. The van der Waals surface area contributed by atoms with Crippen molar-refractivity contribution in [2.75, 3.05) is 11.9 Å². The number of fused-ring (bicyclic) bond motifs is 1. The van der Waals surface area contributed by atoms with Gasteiger partial charge in [-0.15, -0.1) is 0 Å². The fourth-order valence-electron chi connectivity index (χ4n) is 1.23. The van der Waals surface area contributed by atoms with Crippen molar-refractivity contribution in [1.82, 2.24) is 9.78 Å². The lowest BCUT2D eigenvalue weighted by atomic mass is 10.2. The van der Waals surface area contributed by atoms with Crippen molar-refractivity contribution in [1.29, 1.82) is 0 Å². The van der Waals surface area contributed by atoms with E-state index in [9.17, 15) is 5.11 Å². The number of aliphatic hydroxyl groups is 1. The molecule has 2 rings (SSSR count). The summed E-state index contributed by atoms with van der Waals surface area (Å²) in [5, 5.41) is 16.5. The maximum atomic E-state index is 9.55. The van der Waals surface area contributed by atoms with Gasteiger partial charge in [-0.05, 0) is 0 Å². The van der Waals surface area contributed by atoms with Crippen LogP contribution in [0.3, 0.4) is 0 Å². The standard InChI is InChI=1S/C7H10N4O/c1-11-7-5(2-10-11)6(12)3-8-4-9-7/h2,4,6,12H,3H2,1H3,(H,8,9)/t6-/m0/s1. The molecular weight excluding hydrogens is 156 g/mol. The van der Waals surface area contributed by atoms with Gasteiger partial charge in [-0.1, -0.05) is 0 Å². The number of aryl methyl sites for hydroxylation is 1. The summed E-state index contributed by atoms with van der Waals surface area (Å²) in [5.74, 6) is 0.809. The van der Waals surface area contributed by atoms with E-state index in [0.717, 1.165) is 11.4 Å². The number of nitrogens with zero attached hydrogens (tertiary/aromatic N) is 3. The molecule has 0 saturated heterocycles. The average Bonchev–Trinajstić information content (AvgIpc) is 2.30. The summed E-state index contributed by atoms with van der Waals surface area (Å²) in [6, 6.07) is 0. The number of nitrogens with one attached hydrogen (secondary N) is 1. The Balaban J connectivity index is 2.48. The van der Waals surface area contributed by atoms with Crippen molar-refractivity contribution in [3.8, 4) is 0 Å². The predicted octanol–water partition coefficient (Wildman–Crippen LogP) is -0.0927. The zero-order valence-corrected chi connectivity index (χ0v) is 6.73. The Hall–Kier alpha value is -1.36. The average molecular weight is 166 g/mol. The lowest BCUT2D eigenvalue weighted by Crippen LogP contribution is -2.03. The van der Waals surface area contributed by atoms with Gasteiger partial charge in [0.2, 0.25) is 0 Å². The zero-order valence-electron chi connectivity index (χ0n) is 6.73. The third-order valence-corrected chi connectivity index (χ3v) is 1.90. The van der Waals surface area contributed by atoms with Crippen LogP contribution in [0.2, 0.25) is 0 Å². The third kappa shape index (κ3) is 0.984. The molecule has 0 fully saturated rings. The molecule has 1 aliphatic rings. The van der Waals surface area contributed by atoms with Crippen molar-refractivity contribution in [3.63, 3.8) is 0 Å². The Kier molecular flexibility index (Phi) is 1.58. The predicted molar refractivity (Wildman–Crippen MR) is 45.1 cm³/mol. The Morgan fingerprint density at radius 1 is 1.75 bits per heavy atom. The minimum atomic E-state index is -0.542. The second-order valence-electron chi connectivity index (χ2n) is 2.73. The van der Waals surface area contributed by atoms with Crippen LogP contribution in [0.15, 0.2) is 11.2 Å². The molecule has 5 heteroatoms. The highest BCUT2D eigenvalue weighted by Crippen LogP contribution is 2.23. The van der Waals surface area contributed by atoms with Crippen LogP contribution >= 0.6 is 0 Å². The molecule has 5 nitrogen and oxygen atoms in total. The summed E-state index contributed by atoms with van der Waals surface area (Å²) in [5.41, 5.74) is 0.801. The van der Waals surface area contributed by atoms with E-state index in [1.54, 1.807) is 17.2 Å². The number of aliphatic hydroxyl groups excluding tert-OH is 1. The number of aliphatic imine (C=N–C) groups is 1. The maximum absolute atomic E-state index is 9.55. The van der Waals surface area contributed by atoms with Gasteiger partial charge in [-0.2, -0.15) is 5.10 Å². The van der Waals surface area contributed by atoms with Gasteiger partial charge in [-0.3, -0.25) is 9.67 Å².